The molecule has 0 radical (unpaired) electrons. The van der Waals surface area contributed by atoms with Crippen LogP contribution in [0.2, 0.25) is 0 Å². The van der Waals surface area contributed by atoms with E-state index in [0.29, 0.717) is 43.1 Å². The maximum Gasteiger partial charge on any atom is 0.235 e. The number of isocyanates is 1. The molecule has 0 N–H and O–H groups in total. The fourth-order valence-corrected chi connectivity index (χ4v) is 3.03. The molecule has 0 atom stereocenters. The summed E-state index contributed by atoms with van der Waals surface area (Å²) in [5.74, 6) is 0.563. The van der Waals surface area contributed by atoms with Gasteiger partial charge in [0.25, 0.3) is 0 Å². The van der Waals surface area contributed by atoms with E-state index in [1.165, 1.54) is 6.07 Å². The van der Waals surface area contributed by atoms with Crippen molar-refractivity contribution < 1.29 is 18.7 Å². The molecule has 1 aliphatic heterocycles. The number of hydrogen-bond acceptors (Lipinski definition) is 4. The van der Waals surface area contributed by atoms with Crippen molar-refractivity contribution in [1.29, 1.82) is 0 Å². The number of carbonyl (C=O) groups excluding carboxylic acids is 1. The van der Waals surface area contributed by atoms with E-state index in [4.69, 9.17) is 9.47 Å². The summed E-state index contributed by atoms with van der Waals surface area (Å²) in [5, 5.41) is 0. The molecule has 1 fully saturated rings. The standard InChI is InChI=1S/C15H16FNO3/c16-12-9-14-13(19-6-3-7-20-14)8-11(12)15(17-10-18)4-1-2-5-15/h8-9H,1-7H2. The molecular weight excluding hydrogens is 261 g/mol. The number of nitrogens with zero attached hydrogens (tertiary/aromatic N) is 1. The van der Waals surface area contributed by atoms with Crippen molar-refractivity contribution in [3.63, 3.8) is 0 Å². The molecule has 0 amide bonds. The number of ether oxygens (including phenoxy) is 2. The summed E-state index contributed by atoms with van der Waals surface area (Å²) in [6, 6.07) is 2.98. The second kappa shape index (κ2) is 5.25. The lowest BCUT2D eigenvalue weighted by molar-refractivity contribution is 0.296. The van der Waals surface area contributed by atoms with Crippen molar-refractivity contribution in [1.82, 2.24) is 0 Å². The quantitative estimate of drug-likeness (QED) is 0.616. The molecule has 1 aromatic rings. The topological polar surface area (TPSA) is 47.9 Å². The normalized spacial score (nSPS) is 20.1. The molecule has 0 spiro atoms. The van der Waals surface area contributed by atoms with Gasteiger partial charge in [0.2, 0.25) is 6.08 Å². The Hall–Kier alpha value is -1.87. The second-order valence-corrected chi connectivity index (χ2v) is 5.27. The highest BCUT2D eigenvalue weighted by molar-refractivity contribution is 5.48. The Labute approximate surface area is 116 Å². The van der Waals surface area contributed by atoms with Crippen LogP contribution in [0.5, 0.6) is 11.5 Å². The molecule has 0 aromatic heterocycles. The van der Waals surface area contributed by atoms with Gasteiger partial charge in [-0.25, -0.2) is 9.18 Å². The second-order valence-electron chi connectivity index (χ2n) is 5.27. The van der Waals surface area contributed by atoms with Crippen molar-refractivity contribution in [3.05, 3.63) is 23.5 Å². The monoisotopic (exact) mass is 277 g/mol. The summed E-state index contributed by atoms with van der Waals surface area (Å²) in [6.45, 7) is 1.06. The average Bonchev–Trinajstić information content (AvgIpc) is 2.78. The number of aliphatic imine (C=N–C) groups is 1. The van der Waals surface area contributed by atoms with Crippen LogP contribution in [0, 0.1) is 5.82 Å². The Bertz CT molecular complexity index is 560. The Morgan fingerprint density at radius 3 is 2.40 bits per heavy atom. The highest BCUT2D eigenvalue weighted by Crippen LogP contribution is 2.46. The Morgan fingerprint density at radius 1 is 1.10 bits per heavy atom. The summed E-state index contributed by atoms with van der Waals surface area (Å²) < 4.78 is 25.5. The van der Waals surface area contributed by atoms with E-state index in [1.54, 1.807) is 12.1 Å². The zero-order valence-electron chi connectivity index (χ0n) is 11.2. The summed E-state index contributed by atoms with van der Waals surface area (Å²) in [7, 11) is 0. The minimum atomic E-state index is -0.781. The predicted molar refractivity (Wildman–Crippen MR) is 70.3 cm³/mol. The summed E-state index contributed by atoms with van der Waals surface area (Å²) >= 11 is 0. The molecule has 0 unspecified atom stereocenters. The highest BCUT2D eigenvalue weighted by atomic mass is 19.1. The highest BCUT2D eigenvalue weighted by Gasteiger charge is 2.39. The van der Waals surface area contributed by atoms with Gasteiger partial charge in [0.1, 0.15) is 11.4 Å². The van der Waals surface area contributed by atoms with Crippen LogP contribution in [-0.4, -0.2) is 19.3 Å². The summed E-state index contributed by atoms with van der Waals surface area (Å²) in [4.78, 5) is 14.6. The van der Waals surface area contributed by atoms with Gasteiger partial charge in [0.15, 0.2) is 11.5 Å². The van der Waals surface area contributed by atoms with Gasteiger partial charge in [-0.15, -0.1) is 0 Å². The SMILES string of the molecule is O=C=NC1(c2cc3c(cc2F)OCCCO3)CCCC1. The first kappa shape index (κ1) is 13.1. The number of halogens is 1. The van der Waals surface area contributed by atoms with Crippen molar-refractivity contribution in [3.8, 4) is 11.5 Å². The third-order valence-corrected chi connectivity index (χ3v) is 4.03. The lowest BCUT2D eigenvalue weighted by Gasteiger charge is -2.24. The third kappa shape index (κ3) is 2.18. The van der Waals surface area contributed by atoms with Gasteiger partial charge in [-0.05, 0) is 18.9 Å². The van der Waals surface area contributed by atoms with E-state index in [-0.39, 0.29) is 0 Å². The Morgan fingerprint density at radius 2 is 1.75 bits per heavy atom. The van der Waals surface area contributed by atoms with Crippen LogP contribution < -0.4 is 9.47 Å². The first-order valence-corrected chi connectivity index (χ1v) is 6.94. The fraction of sp³-hybridized carbons (Fsp3) is 0.533. The van der Waals surface area contributed by atoms with Crippen LogP contribution in [0.1, 0.15) is 37.7 Å². The molecule has 0 saturated heterocycles. The van der Waals surface area contributed by atoms with Gasteiger partial charge in [0, 0.05) is 18.1 Å². The first-order chi connectivity index (χ1) is 9.75. The molecule has 3 rings (SSSR count). The summed E-state index contributed by atoms with van der Waals surface area (Å²) in [6.07, 6.45) is 5.56. The van der Waals surface area contributed by atoms with Gasteiger partial charge < -0.3 is 9.47 Å². The number of fused-ring (bicyclic) bond motifs is 1. The van der Waals surface area contributed by atoms with Gasteiger partial charge in [0.05, 0.1) is 13.2 Å². The molecule has 1 aromatic carbocycles. The van der Waals surface area contributed by atoms with Crippen molar-refractivity contribution in [2.75, 3.05) is 13.2 Å². The lowest BCUT2D eigenvalue weighted by atomic mass is 9.88. The van der Waals surface area contributed by atoms with Crippen LogP contribution in [-0.2, 0) is 10.3 Å². The zero-order chi connectivity index (χ0) is 14.0. The third-order valence-electron chi connectivity index (χ3n) is 4.03. The Kier molecular flexibility index (Phi) is 3.45. The molecular formula is C15H16FNO3. The van der Waals surface area contributed by atoms with Gasteiger partial charge in [-0.1, -0.05) is 12.8 Å². The molecule has 0 bridgehead atoms. The van der Waals surface area contributed by atoms with E-state index < -0.39 is 11.4 Å². The maximum atomic E-state index is 14.4. The van der Waals surface area contributed by atoms with E-state index in [9.17, 15) is 9.18 Å². The smallest absolute Gasteiger partial charge is 0.235 e. The van der Waals surface area contributed by atoms with E-state index in [1.807, 2.05) is 0 Å². The van der Waals surface area contributed by atoms with Crippen molar-refractivity contribution >= 4 is 6.08 Å². The van der Waals surface area contributed by atoms with E-state index in [0.717, 1.165) is 19.3 Å². The molecule has 2 aliphatic rings. The van der Waals surface area contributed by atoms with Crippen molar-refractivity contribution in [2.24, 2.45) is 4.99 Å². The van der Waals surface area contributed by atoms with Crippen LogP contribution in [0.25, 0.3) is 0 Å². The average molecular weight is 277 g/mol. The largest absolute Gasteiger partial charge is 0.490 e. The van der Waals surface area contributed by atoms with E-state index in [2.05, 4.69) is 4.99 Å². The minimum absolute atomic E-state index is 0.393. The molecule has 1 saturated carbocycles. The molecule has 106 valence electrons. The zero-order valence-corrected chi connectivity index (χ0v) is 11.2. The minimum Gasteiger partial charge on any atom is -0.490 e. The molecule has 1 heterocycles. The van der Waals surface area contributed by atoms with Crippen LogP contribution >= 0.6 is 0 Å². The maximum absolute atomic E-state index is 14.4. The molecule has 5 heteroatoms. The van der Waals surface area contributed by atoms with E-state index >= 15 is 0 Å². The number of rotatable bonds is 2. The number of hydrogen-bond donors (Lipinski definition) is 0. The number of benzene rings is 1. The van der Waals surface area contributed by atoms with Gasteiger partial charge in [-0.3, -0.25) is 0 Å². The lowest BCUT2D eigenvalue weighted by Crippen LogP contribution is -2.21. The molecule has 1 aliphatic carbocycles. The predicted octanol–water partition coefficient (Wildman–Crippen LogP) is 3.09. The summed E-state index contributed by atoms with van der Waals surface area (Å²) in [5.41, 5.74) is -0.362. The molecule has 4 nitrogen and oxygen atoms in total. The van der Waals surface area contributed by atoms with Crippen LogP contribution in [0.15, 0.2) is 17.1 Å². The van der Waals surface area contributed by atoms with Crippen molar-refractivity contribution in [2.45, 2.75) is 37.6 Å². The van der Waals surface area contributed by atoms with Gasteiger partial charge in [-0.2, -0.15) is 4.99 Å². The Balaban J connectivity index is 2.09. The molecule has 20 heavy (non-hydrogen) atoms. The van der Waals surface area contributed by atoms with Crippen LogP contribution in [0.3, 0.4) is 0 Å². The first-order valence-electron chi connectivity index (χ1n) is 6.94. The fourth-order valence-electron chi connectivity index (χ4n) is 3.03. The van der Waals surface area contributed by atoms with Gasteiger partial charge >= 0.3 is 0 Å². The van der Waals surface area contributed by atoms with Crippen LogP contribution in [0.4, 0.5) is 4.39 Å².